The number of aliphatic hydroxyl groups is 1. The van der Waals surface area contributed by atoms with E-state index in [0.717, 1.165) is 0 Å². The van der Waals surface area contributed by atoms with Crippen LogP contribution < -0.4 is 4.74 Å². The number of rotatable bonds is 4. The van der Waals surface area contributed by atoms with Crippen LogP contribution in [0.4, 0.5) is 0 Å². The highest BCUT2D eigenvalue weighted by Gasteiger charge is 2.00. The fraction of sp³-hybridized carbons (Fsp3) is 0.300. The standard InChI is InChI=1S/C10H13NO3/c1-13-10(11)8-2-4-9(5-3-8)14-7-6-12/h2-5,11-12H,6-7H2,1H3. The van der Waals surface area contributed by atoms with Gasteiger partial charge < -0.3 is 14.6 Å². The Labute approximate surface area is 82.6 Å². The van der Waals surface area contributed by atoms with Gasteiger partial charge in [0.25, 0.3) is 0 Å². The molecule has 2 N–H and O–H groups in total. The number of ether oxygens (including phenoxy) is 2. The normalized spacial score (nSPS) is 9.57. The number of benzene rings is 1. The predicted octanol–water partition coefficient (Wildman–Crippen LogP) is 1.03. The van der Waals surface area contributed by atoms with Crippen molar-refractivity contribution in [2.75, 3.05) is 20.3 Å². The van der Waals surface area contributed by atoms with Gasteiger partial charge in [-0.15, -0.1) is 0 Å². The van der Waals surface area contributed by atoms with E-state index in [4.69, 9.17) is 20.0 Å². The molecule has 0 fully saturated rings. The maximum atomic E-state index is 8.53. The fourth-order valence-electron chi connectivity index (χ4n) is 0.984. The number of nitrogens with one attached hydrogen (secondary N) is 1. The molecule has 14 heavy (non-hydrogen) atoms. The van der Waals surface area contributed by atoms with Gasteiger partial charge in [-0.2, -0.15) is 0 Å². The van der Waals surface area contributed by atoms with E-state index in [2.05, 4.69) is 0 Å². The van der Waals surface area contributed by atoms with Gasteiger partial charge in [-0.05, 0) is 24.3 Å². The van der Waals surface area contributed by atoms with Gasteiger partial charge in [0.05, 0.1) is 13.7 Å². The van der Waals surface area contributed by atoms with Gasteiger partial charge in [0.1, 0.15) is 12.4 Å². The summed E-state index contributed by atoms with van der Waals surface area (Å²) in [6.07, 6.45) is 0. The second-order valence-corrected chi connectivity index (χ2v) is 2.63. The molecule has 0 heterocycles. The summed E-state index contributed by atoms with van der Waals surface area (Å²) in [5, 5.41) is 15.9. The molecule has 4 heteroatoms. The van der Waals surface area contributed by atoms with E-state index in [9.17, 15) is 0 Å². The van der Waals surface area contributed by atoms with Crippen LogP contribution in [-0.4, -0.2) is 31.3 Å². The molecular weight excluding hydrogens is 182 g/mol. The van der Waals surface area contributed by atoms with Crippen molar-refractivity contribution in [1.82, 2.24) is 0 Å². The van der Waals surface area contributed by atoms with E-state index in [0.29, 0.717) is 11.3 Å². The van der Waals surface area contributed by atoms with E-state index in [-0.39, 0.29) is 19.1 Å². The van der Waals surface area contributed by atoms with Crippen molar-refractivity contribution in [3.63, 3.8) is 0 Å². The maximum Gasteiger partial charge on any atom is 0.212 e. The first-order chi connectivity index (χ1) is 6.77. The second-order valence-electron chi connectivity index (χ2n) is 2.63. The summed E-state index contributed by atoms with van der Waals surface area (Å²) in [6, 6.07) is 6.94. The molecule has 0 amide bonds. The summed E-state index contributed by atoms with van der Waals surface area (Å²) in [5.74, 6) is 0.797. The number of methoxy groups -OCH3 is 1. The van der Waals surface area contributed by atoms with Crippen LogP contribution in [-0.2, 0) is 4.74 Å². The molecule has 0 unspecified atom stereocenters. The molecule has 0 saturated carbocycles. The highest BCUT2D eigenvalue weighted by molar-refractivity contribution is 5.91. The zero-order chi connectivity index (χ0) is 10.4. The second kappa shape index (κ2) is 5.24. The highest BCUT2D eigenvalue weighted by Crippen LogP contribution is 2.12. The third kappa shape index (κ3) is 2.74. The van der Waals surface area contributed by atoms with E-state index >= 15 is 0 Å². The first kappa shape index (κ1) is 10.5. The van der Waals surface area contributed by atoms with Gasteiger partial charge in [-0.25, -0.2) is 0 Å². The smallest absolute Gasteiger partial charge is 0.212 e. The summed E-state index contributed by atoms with van der Waals surface area (Å²) >= 11 is 0. The largest absolute Gasteiger partial charge is 0.491 e. The van der Waals surface area contributed by atoms with Crippen LogP contribution in [0.2, 0.25) is 0 Å². The Balaban J connectivity index is 2.63. The predicted molar refractivity (Wildman–Crippen MR) is 52.9 cm³/mol. The van der Waals surface area contributed by atoms with Gasteiger partial charge >= 0.3 is 0 Å². The first-order valence-corrected chi connectivity index (χ1v) is 4.24. The zero-order valence-electron chi connectivity index (χ0n) is 7.99. The molecule has 0 spiro atoms. The lowest BCUT2D eigenvalue weighted by atomic mass is 10.2. The minimum absolute atomic E-state index is 0.00432. The third-order valence-corrected chi connectivity index (χ3v) is 1.68. The van der Waals surface area contributed by atoms with Crippen LogP contribution in [0.1, 0.15) is 5.56 Å². The number of hydrogen-bond donors (Lipinski definition) is 2. The Bertz CT molecular complexity index is 295. The summed E-state index contributed by atoms with van der Waals surface area (Å²) in [5.41, 5.74) is 0.698. The number of hydrogen-bond acceptors (Lipinski definition) is 4. The van der Waals surface area contributed by atoms with Crippen molar-refractivity contribution >= 4 is 5.90 Å². The minimum Gasteiger partial charge on any atom is -0.491 e. The maximum absolute atomic E-state index is 8.53. The minimum atomic E-state index is -0.00432. The molecule has 0 aromatic heterocycles. The number of aliphatic hydroxyl groups excluding tert-OH is 1. The fourth-order valence-corrected chi connectivity index (χ4v) is 0.984. The zero-order valence-corrected chi connectivity index (χ0v) is 7.99. The molecule has 0 aliphatic heterocycles. The summed E-state index contributed by atoms with van der Waals surface area (Å²) in [6.45, 7) is 0.275. The third-order valence-electron chi connectivity index (χ3n) is 1.68. The summed E-state index contributed by atoms with van der Waals surface area (Å²) < 4.78 is 9.92. The van der Waals surface area contributed by atoms with E-state index < -0.39 is 0 Å². The Morgan fingerprint density at radius 3 is 2.50 bits per heavy atom. The molecule has 76 valence electrons. The van der Waals surface area contributed by atoms with Crippen LogP contribution in [0.5, 0.6) is 5.75 Å². The molecule has 0 aliphatic rings. The van der Waals surface area contributed by atoms with Crippen LogP contribution in [0.3, 0.4) is 0 Å². The van der Waals surface area contributed by atoms with Crippen LogP contribution in [0.25, 0.3) is 0 Å². The molecule has 0 saturated heterocycles. The van der Waals surface area contributed by atoms with Crippen LogP contribution in [0.15, 0.2) is 24.3 Å². The van der Waals surface area contributed by atoms with Crippen LogP contribution >= 0.6 is 0 Å². The van der Waals surface area contributed by atoms with E-state index in [1.165, 1.54) is 7.11 Å². The molecule has 0 radical (unpaired) electrons. The quantitative estimate of drug-likeness (QED) is 0.557. The molecule has 1 aromatic carbocycles. The lowest BCUT2D eigenvalue weighted by Crippen LogP contribution is -2.03. The van der Waals surface area contributed by atoms with Crippen molar-refractivity contribution < 1.29 is 14.6 Å². The average molecular weight is 195 g/mol. The topological polar surface area (TPSA) is 62.5 Å². The van der Waals surface area contributed by atoms with Gasteiger partial charge in [-0.1, -0.05) is 0 Å². The molecule has 0 aliphatic carbocycles. The Kier molecular flexibility index (Phi) is 3.94. The van der Waals surface area contributed by atoms with Crippen molar-refractivity contribution in [3.8, 4) is 5.75 Å². The molecule has 0 atom stereocenters. The van der Waals surface area contributed by atoms with Crippen molar-refractivity contribution in [2.45, 2.75) is 0 Å². The van der Waals surface area contributed by atoms with Gasteiger partial charge in [0.2, 0.25) is 5.90 Å². The Morgan fingerprint density at radius 1 is 1.36 bits per heavy atom. The molecular formula is C10H13NO3. The van der Waals surface area contributed by atoms with E-state index in [1.807, 2.05) is 0 Å². The molecule has 4 nitrogen and oxygen atoms in total. The van der Waals surface area contributed by atoms with Crippen molar-refractivity contribution in [1.29, 1.82) is 5.41 Å². The Hall–Kier alpha value is -1.55. The first-order valence-electron chi connectivity index (χ1n) is 4.24. The van der Waals surface area contributed by atoms with Gasteiger partial charge in [0.15, 0.2) is 0 Å². The molecule has 0 bridgehead atoms. The summed E-state index contributed by atoms with van der Waals surface area (Å²) in [7, 11) is 1.46. The highest BCUT2D eigenvalue weighted by atomic mass is 16.5. The lowest BCUT2D eigenvalue weighted by molar-refractivity contribution is 0.201. The van der Waals surface area contributed by atoms with Crippen molar-refractivity contribution in [2.24, 2.45) is 0 Å². The van der Waals surface area contributed by atoms with Gasteiger partial charge in [0, 0.05) is 5.56 Å². The average Bonchev–Trinajstić information content (AvgIpc) is 2.26. The molecule has 1 rings (SSSR count). The van der Waals surface area contributed by atoms with Gasteiger partial charge in [-0.3, -0.25) is 5.41 Å². The van der Waals surface area contributed by atoms with E-state index in [1.54, 1.807) is 24.3 Å². The molecule has 1 aromatic rings. The lowest BCUT2D eigenvalue weighted by Gasteiger charge is -2.05. The van der Waals surface area contributed by atoms with Crippen LogP contribution in [0, 0.1) is 5.41 Å². The monoisotopic (exact) mass is 195 g/mol. The Morgan fingerprint density at radius 2 is 2.00 bits per heavy atom. The summed E-state index contributed by atoms with van der Waals surface area (Å²) in [4.78, 5) is 0. The van der Waals surface area contributed by atoms with Crippen molar-refractivity contribution in [3.05, 3.63) is 29.8 Å². The SMILES string of the molecule is COC(=N)c1ccc(OCCO)cc1.